The van der Waals surface area contributed by atoms with Gasteiger partial charge in [0.2, 0.25) is 0 Å². The van der Waals surface area contributed by atoms with Gasteiger partial charge in [-0.25, -0.2) is 4.79 Å². The summed E-state index contributed by atoms with van der Waals surface area (Å²) in [4.78, 5) is 13.9. The SMILES string of the molecule is CCN(CC)C(=O)Nc1cccc2c1CCNC2. The highest BCUT2D eigenvalue weighted by molar-refractivity contribution is 5.90. The van der Waals surface area contributed by atoms with Crippen LogP contribution in [-0.2, 0) is 13.0 Å². The van der Waals surface area contributed by atoms with E-state index in [1.807, 2.05) is 26.0 Å². The molecule has 1 aromatic rings. The molecule has 0 aromatic heterocycles. The zero-order valence-corrected chi connectivity index (χ0v) is 11.1. The summed E-state index contributed by atoms with van der Waals surface area (Å²) < 4.78 is 0. The Balaban J connectivity index is 2.16. The van der Waals surface area contributed by atoms with Crippen molar-refractivity contribution in [2.45, 2.75) is 26.8 Å². The van der Waals surface area contributed by atoms with E-state index < -0.39 is 0 Å². The van der Waals surface area contributed by atoms with Gasteiger partial charge in [-0.1, -0.05) is 12.1 Å². The Morgan fingerprint density at radius 3 is 2.89 bits per heavy atom. The molecule has 1 aromatic carbocycles. The number of rotatable bonds is 3. The van der Waals surface area contributed by atoms with Gasteiger partial charge in [0, 0.05) is 25.3 Å². The van der Waals surface area contributed by atoms with Crippen molar-refractivity contribution in [2.24, 2.45) is 0 Å². The van der Waals surface area contributed by atoms with Crippen molar-refractivity contribution >= 4 is 11.7 Å². The van der Waals surface area contributed by atoms with Crippen molar-refractivity contribution in [2.75, 3.05) is 25.0 Å². The molecule has 1 aliphatic rings. The fraction of sp³-hybridized carbons (Fsp3) is 0.500. The molecule has 0 aliphatic carbocycles. The number of benzene rings is 1. The molecule has 1 heterocycles. The van der Waals surface area contributed by atoms with E-state index in [1.54, 1.807) is 4.90 Å². The number of nitrogens with zero attached hydrogens (tertiary/aromatic N) is 1. The maximum Gasteiger partial charge on any atom is 0.321 e. The summed E-state index contributed by atoms with van der Waals surface area (Å²) in [6.45, 7) is 7.33. The molecule has 4 heteroatoms. The van der Waals surface area contributed by atoms with Crippen LogP contribution >= 0.6 is 0 Å². The first-order valence-corrected chi connectivity index (χ1v) is 6.63. The number of hydrogen-bond acceptors (Lipinski definition) is 2. The lowest BCUT2D eigenvalue weighted by atomic mass is 9.99. The molecule has 0 radical (unpaired) electrons. The van der Waals surface area contributed by atoms with Crippen molar-refractivity contribution in [1.82, 2.24) is 10.2 Å². The maximum absolute atomic E-state index is 12.1. The molecule has 0 saturated heterocycles. The van der Waals surface area contributed by atoms with Crippen molar-refractivity contribution in [1.29, 1.82) is 0 Å². The summed E-state index contributed by atoms with van der Waals surface area (Å²) in [5, 5.41) is 6.37. The highest BCUT2D eigenvalue weighted by Gasteiger charge is 2.15. The van der Waals surface area contributed by atoms with E-state index in [0.717, 1.165) is 38.3 Å². The normalized spacial score (nSPS) is 13.9. The van der Waals surface area contributed by atoms with E-state index >= 15 is 0 Å². The number of urea groups is 1. The second kappa shape index (κ2) is 5.87. The Kier molecular flexibility index (Phi) is 4.20. The largest absolute Gasteiger partial charge is 0.325 e. The van der Waals surface area contributed by atoms with Gasteiger partial charge in [-0.3, -0.25) is 0 Å². The molecule has 0 unspecified atom stereocenters. The van der Waals surface area contributed by atoms with Gasteiger partial charge in [0.1, 0.15) is 0 Å². The van der Waals surface area contributed by atoms with E-state index in [4.69, 9.17) is 0 Å². The van der Waals surface area contributed by atoms with E-state index in [0.29, 0.717) is 0 Å². The molecule has 2 amide bonds. The van der Waals surface area contributed by atoms with Crippen molar-refractivity contribution in [3.63, 3.8) is 0 Å². The van der Waals surface area contributed by atoms with Crippen LogP contribution in [0.1, 0.15) is 25.0 Å². The van der Waals surface area contributed by atoms with Crippen LogP contribution in [0.2, 0.25) is 0 Å². The van der Waals surface area contributed by atoms with Gasteiger partial charge in [0.15, 0.2) is 0 Å². The number of anilines is 1. The van der Waals surface area contributed by atoms with E-state index in [-0.39, 0.29) is 6.03 Å². The first kappa shape index (κ1) is 12.9. The fourth-order valence-electron chi connectivity index (χ4n) is 2.35. The third-order valence-electron chi connectivity index (χ3n) is 3.43. The predicted octanol–water partition coefficient (Wildman–Crippen LogP) is 2.21. The number of carbonyl (C=O) groups excluding carboxylic acids is 1. The smallest absolute Gasteiger partial charge is 0.321 e. The Morgan fingerprint density at radius 1 is 1.39 bits per heavy atom. The second-order valence-electron chi connectivity index (χ2n) is 4.47. The standard InChI is InChI=1S/C14H21N3O/c1-3-17(4-2)14(18)16-13-7-5-6-11-10-15-9-8-12(11)13/h5-7,15H,3-4,8-10H2,1-2H3,(H,16,18). The number of hydrogen-bond donors (Lipinski definition) is 2. The highest BCUT2D eigenvalue weighted by atomic mass is 16.2. The average molecular weight is 247 g/mol. The van der Waals surface area contributed by atoms with Gasteiger partial charge in [-0.05, 0) is 44.0 Å². The number of amides is 2. The summed E-state index contributed by atoms with van der Waals surface area (Å²) in [5.74, 6) is 0. The quantitative estimate of drug-likeness (QED) is 0.860. The Morgan fingerprint density at radius 2 is 2.17 bits per heavy atom. The van der Waals surface area contributed by atoms with Crippen molar-refractivity contribution < 1.29 is 4.79 Å². The average Bonchev–Trinajstić information content (AvgIpc) is 2.40. The van der Waals surface area contributed by atoms with E-state index in [1.165, 1.54) is 11.1 Å². The van der Waals surface area contributed by atoms with E-state index in [2.05, 4.69) is 16.7 Å². The van der Waals surface area contributed by atoms with Gasteiger partial charge in [-0.2, -0.15) is 0 Å². The zero-order chi connectivity index (χ0) is 13.0. The van der Waals surface area contributed by atoms with Crippen LogP contribution in [0.15, 0.2) is 18.2 Å². The number of nitrogens with one attached hydrogen (secondary N) is 2. The summed E-state index contributed by atoms with van der Waals surface area (Å²) in [6, 6.07) is 6.11. The summed E-state index contributed by atoms with van der Waals surface area (Å²) >= 11 is 0. The van der Waals surface area contributed by atoms with Gasteiger partial charge in [-0.15, -0.1) is 0 Å². The van der Waals surface area contributed by atoms with Crippen molar-refractivity contribution in [3.05, 3.63) is 29.3 Å². The molecule has 2 rings (SSSR count). The van der Waals surface area contributed by atoms with Crippen LogP contribution in [0.3, 0.4) is 0 Å². The lowest BCUT2D eigenvalue weighted by molar-refractivity contribution is 0.217. The Hall–Kier alpha value is -1.55. The predicted molar refractivity (Wildman–Crippen MR) is 73.8 cm³/mol. The fourth-order valence-corrected chi connectivity index (χ4v) is 2.35. The summed E-state index contributed by atoms with van der Waals surface area (Å²) in [6.07, 6.45) is 0.976. The third-order valence-corrected chi connectivity index (χ3v) is 3.43. The second-order valence-corrected chi connectivity index (χ2v) is 4.47. The highest BCUT2D eigenvalue weighted by Crippen LogP contribution is 2.23. The van der Waals surface area contributed by atoms with Crippen LogP contribution < -0.4 is 10.6 Å². The van der Waals surface area contributed by atoms with Crippen LogP contribution in [0.25, 0.3) is 0 Å². The van der Waals surface area contributed by atoms with Crippen LogP contribution in [-0.4, -0.2) is 30.6 Å². The molecular formula is C14H21N3O. The molecule has 18 heavy (non-hydrogen) atoms. The zero-order valence-electron chi connectivity index (χ0n) is 11.1. The molecule has 0 atom stereocenters. The van der Waals surface area contributed by atoms with Crippen LogP contribution in [0.5, 0.6) is 0 Å². The third kappa shape index (κ3) is 2.64. The summed E-state index contributed by atoms with van der Waals surface area (Å²) in [5.41, 5.74) is 3.53. The molecule has 1 aliphatic heterocycles. The van der Waals surface area contributed by atoms with Crippen LogP contribution in [0.4, 0.5) is 10.5 Å². The minimum Gasteiger partial charge on any atom is -0.325 e. The Labute approximate surface area is 108 Å². The minimum absolute atomic E-state index is 0.00747. The molecular weight excluding hydrogens is 226 g/mol. The topological polar surface area (TPSA) is 44.4 Å². The van der Waals surface area contributed by atoms with Gasteiger partial charge in [0.25, 0.3) is 0 Å². The lowest BCUT2D eigenvalue weighted by Gasteiger charge is -2.23. The van der Waals surface area contributed by atoms with Gasteiger partial charge in [0.05, 0.1) is 0 Å². The maximum atomic E-state index is 12.1. The van der Waals surface area contributed by atoms with Gasteiger partial charge >= 0.3 is 6.03 Å². The first-order valence-electron chi connectivity index (χ1n) is 6.63. The monoisotopic (exact) mass is 247 g/mol. The van der Waals surface area contributed by atoms with Crippen molar-refractivity contribution in [3.8, 4) is 0 Å². The molecule has 0 fully saturated rings. The van der Waals surface area contributed by atoms with Crippen LogP contribution in [0, 0.1) is 0 Å². The lowest BCUT2D eigenvalue weighted by Crippen LogP contribution is -2.35. The minimum atomic E-state index is -0.00747. The van der Waals surface area contributed by atoms with E-state index in [9.17, 15) is 4.79 Å². The molecule has 98 valence electrons. The number of carbonyl (C=O) groups is 1. The van der Waals surface area contributed by atoms with Gasteiger partial charge < -0.3 is 15.5 Å². The number of fused-ring (bicyclic) bond motifs is 1. The molecule has 2 N–H and O–H groups in total. The Bertz CT molecular complexity index is 427. The summed E-state index contributed by atoms with van der Waals surface area (Å²) in [7, 11) is 0. The molecule has 4 nitrogen and oxygen atoms in total. The molecule has 0 saturated carbocycles. The molecule has 0 bridgehead atoms. The first-order chi connectivity index (χ1) is 8.76. The molecule has 0 spiro atoms.